The number of hydrogen-bond acceptors (Lipinski definition) is 4. The maximum atomic E-state index is 11.9. The molecule has 2 aromatic rings. The largest absolute Gasteiger partial charge is 0.484 e. The Bertz CT molecular complexity index is 605. The molecule has 0 atom stereocenters. The number of carbonyl (C=O) groups is 1. The Morgan fingerprint density at radius 1 is 1.38 bits per heavy atom. The SMILES string of the molecule is CCc1nn(C)cc1NC(=O)COc1ccc(CN)cc1. The first kappa shape index (κ1) is 15.1. The van der Waals surface area contributed by atoms with Gasteiger partial charge >= 0.3 is 0 Å². The van der Waals surface area contributed by atoms with Gasteiger partial charge in [0.15, 0.2) is 6.61 Å². The molecule has 6 heteroatoms. The lowest BCUT2D eigenvalue weighted by molar-refractivity contribution is -0.118. The van der Waals surface area contributed by atoms with Crippen molar-refractivity contribution in [1.29, 1.82) is 0 Å². The molecule has 0 saturated carbocycles. The molecule has 2 rings (SSSR count). The molecule has 1 heterocycles. The van der Waals surface area contributed by atoms with Crippen LogP contribution in [0.1, 0.15) is 18.2 Å². The minimum atomic E-state index is -0.208. The summed E-state index contributed by atoms with van der Waals surface area (Å²) in [6.45, 7) is 2.44. The number of nitrogens with two attached hydrogens (primary N) is 1. The van der Waals surface area contributed by atoms with E-state index in [0.717, 1.165) is 23.4 Å². The second-order valence-corrected chi connectivity index (χ2v) is 4.70. The van der Waals surface area contributed by atoms with Gasteiger partial charge in [-0.25, -0.2) is 0 Å². The maximum absolute atomic E-state index is 11.9. The molecule has 0 aliphatic rings. The van der Waals surface area contributed by atoms with Crippen LogP contribution in [0.2, 0.25) is 0 Å². The molecule has 0 unspecified atom stereocenters. The lowest BCUT2D eigenvalue weighted by Gasteiger charge is -2.07. The van der Waals surface area contributed by atoms with Crippen molar-refractivity contribution < 1.29 is 9.53 Å². The standard InChI is InChI=1S/C15H20N4O2/c1-3-13-14(9-19(2)18-13)17-15(20)10-21-12-6-4-11(8-16)5-7-12/h4-7,9H,3,8,10,16H2,1-2H3,(H,17,20). The second-order valence-electron chi connectivity index (χ2n) is 4.70. The van der Waals surface area contributed by atoms with Gasteiger partial charge in [0, 0.05) is 19.8 Å². The van der Waals surface area contributed by atoms with Crippen LogP contribution in [-0.2, 0) is 24.8 Å². The van der Waals surface area contributed by atoms with Gasteiger partial charge in [0.05, 0.1) is 11.4 Å². The van der Waals surface area contributed by atoms with E-state index >= 15 is 0 Å². The van der Waals surface area contributed by atoms with Crippen LogP contribution in [0.25, 0.3) is 0 Å². The number of amides is 1. The van der Waals surface area contributed by atoms with E-state index in [-0.39, 0.29) is 12.5 Å². The summed E-state index contributed by atoms with van der Waals surface area (Å²) >= 11 is 0. The summed E-state index contributed by atoms with van der Waals surface area (Å²) in [7, 11) is 1.82. The number of hydrogen-bond donors (Lipinski definition) is 2. The molecule has 21 heavy (non-hydrogen) atoms. The van der Waals surface area contributed by atoms with Crippen molar-refractivity contribution in [3.63, 3.8) is 0 Å². The summed E-state index contributed by atoms with van der Waals surface area (Å²) in [6, 6.07) is 7.36. The van der Waals surface area contributed by atoms with E-state index in [1.165, 1.54) is 0 Å². The third-order valence-electron chi connectivity index (χ3n) is 3.04. The highest BCUT2D eigenvalue weighted by Gasteiger charge is 2.10. The Morgan fingerprint density at radius 3 is 2.71 bits per heavy atom. The van der Waals surface area contributed by atoms with E-state index in [1.807, 2.05) is 26.1 Å². The van der Waals surface area contributed by atoms with Crippen LogP contribution in [0.4, 0.5) is 5.69 Å². The first-order valence-electron chi connectivity index (χ1n) is 6.86. The number of carbonyl (C=O) groups excluding carboxylic acids is 1. The molecule has 0 radical (unpaired) electrons. The van der Waals surface area contributed by atoms with E-state index < -0.39 is 0 Å². The first-order chi connectivity index (χ1) is 10.1. The number of aromatic nitrogens is 2. The molecule has 3 N–H and O–H groups in total. The van der Waals surface area contributed by atoms with Crippen LogP contribution in [0.5, 0.6) is 5.75 Å². The van der Waals surface area contributed by atoms with Gasteiger partial charge in [0.2, 0.25) is 0 Å². The van der Waals surface area contributed by atoms with Gasteiger partial charge in [-0.2, -0.15) is 5.10 Å². The van der Waals surface area contributed by atoms with E-state index in [9.17, 15) is 4.79 Å². The van der Waals surface area contributed by atoms with Gasteiger partial charge in [-0.3, -0.25) is 9.48 Å². The lowest BCUT2D eigenvalue weighted by atomic mass is 10.2. The number of nitrogens with zero attached hydrogens (tertiary/aromatic N) is 2. The summed E-state index contributed by atoms with van der Waals surface area (Å²) in [5, 5.41) is 7.08. The summed E-state index contributed by atoms with van der Waals surface area (Å²) in [6.07, 6.45) is 2.55. The van der Waals surface area contributed by atoms with Gasteiger partial charge in [-0.1, -0.05) is 19.1 Å². The van der Waals surface area contributed by atoms with Crippen molar-refractivity contribution >= 4 is 11.6 Å². The Hall–Kier alpha value is -2.34. The lowest BCUT2D eigenvalue weighted by Crippen LogP contribution is -2.20. The van der Waals surface area contributed by atoms with Crippen molar-refractivity contribution in [2.75, 3.05) is 11.9 Å². The van der Waals surface area contributed by atoms with Gasteiger partial charge in [-0.15, -0.1) is 0 Å². The fourth-order valence-corrected chi connectivity index (χ4v) is 1.96. The first-order valence-corrected chi connectivity index (χ1v) is 6.86. The smallest absolute Gasteiger partial charge is 0.262 e. The van der Waals surface area contributed by atoms with Crippen molar-refractivity contribution in [1.82, 2.24) is 9.78 Å². The van der Waals surface area contributed by atoms with Crippen LogP contribution in [-0.4, -0.2) is 22.3 Å². The molecule has 6 nitrogen and oxygen atoms in total. The van der Waals surface area contributed by atoms with E-state index in [0.29, 0.717) is 12.3 Å². The number of ether oxygens (including phenoxy) is 1. The fourth-order valence-electron chi connectivity index (χ4n) is 1.96. The van der Waals surface area contributed by atoms with Crippen molar-refractivity contribution in [3.8, 4) is 5.75 Å². The Labute approximate surface area is 123 Å². The molecule has 0 aliphatic carbocycles. The molecule has 1 aromatic carbocycles. The maximum Gasteiger partial charge on any atom is 0.262 e. The zero-order valence-electron chi connectivity index (χ0n) is 12.3. The molecule has 0 fully saturated rings. The summed E-state index contributed by atoms with van der Waals surface area (Å²) in [5.41, 5.74) is 8.14. The number of aryl methyl sites for hydroxylation is 2. The van der Waals surface area contributed by atoms with E-state index in [4.69, 9.17) is 10.5 Å². The zero-order chi connectivity index (χ0) is 15.2. The summed E-state index contributed by atoms with van der Waals surface area (Å²) in [4.78, 5) is 11.9. The minimum Gasteiger partial charge on any atom is -0.484 e. The predicted octanol–water partition coefficient (Wildman–Crippen LogP) is 1.46. The van der Waals surface area contributed by atoms with Crippen LogP contribution in [0.15, 0.2) is 30.5 Å². The highest BCUT2D eigenvalue weighted by Crippen LogP contribution is 2.14. The molecule has 1 amide bonds. The van der Waals surface area contributed by atoms with Crippen LogP contribution in [0.3, 0.4) is 0 Å². The Balaban J connectivity index is 1.89. The van der Waals surface area contributed by atoms with E-state index in [1.54, 1.807) is 23.0 Å². The van der Waals surface area contributed by atoms with E-state index in [2.05, 4.69) is 10.4 Å². The average molecular weight is 288 g/mol. The quantitative estimate of drug-likeness (QED) is 0.843. The summed E-state index contributed by atoms with van der Waals surface area (Å²) in [5.74, 6) is 0.435. The number of nitrogens with one attached hydrogen (secondary N) is 1. The zero-order valence-corrected chi connectivity index (χ0v) is 12.3. The number of rotatable bonds is 6. The van der Waals surface area contributed by atoms with Gasteiger partial charge in [0.25, 0.3) is 5.91 Å². The monoisotopic (exact) mass is 288 g/mol. The minimum absolute atomic E-state index is 0.0416. The molecule has 0 spiro atoms. The third kappa shape index (κ3) is 4.06. The Kier molecular flexibility index (Phi) is 4.94. The number of benzene rings is 1. The number of anilines is 1. The van der Waals surface area contributed by atoms with Gasteiger partial charge in [-0.05, 0) is 24.1 Å². The van der Waals surface area contributed by atoms with Crippen molar-refractivity contribution in [2.24, 2.45) is 12.8 Å². The molecular formula is C15H20N4O2. The molecule has 112 valence electrons. The fraction of sp³-hybridized carbons (Fsp3) is 0.333. The molecule has 0 saturated heterocycles. The van der Waals surface area contributed by atoms with Gasteiger partial charge in [0.1, 0.15) is 5.75 Å². The van der Waals surface area contributed by atoms with Crippen LogP contribution >= 0.6 is 0 Å². The highest BCUT2D eigenvalue weighted by molar-refractivity contribution is 5.92. The third-order valence-corrected chi connectivity index (χ3v) is 3.04. The van der Waals surface area contributed by atoms with Crippen molar-refractivity contribution in [3.05, 3.63) is 41.7 Å². The topological polar surface area (TPSA) is 82.2 Å². The van der Waals surface area contributed by atoms with Gasteiger partial charge < -0.3 is 15.8 Å². The molecule has 0 aliphatic heterocycles. The highest BCUT2D eigenvalue weighted by atomic mass is 16.5. The molecular weight excluding hydrogens is 268 g/mol. The Morgan fingerprint density at radius 2 is 2.10 bits per heavy atom. The summed E-state index contributed by atoms with van der Waals surface area (Å²) < 4.78 is 7.12. The molecule has 1 aromatic heterocycles. The molecule has 0 bridgehead atoms. The average Bonchev–Trinajstić information content (AvgIpc) is 2.85. The normalized spacial score (nSPS) is 10.4. The van der Waals surface area contributed by atoms with Crippen LogP contribution < -0.4 is 15.8 Å². The van der Waals surface area contributed by atoms with Crippen LogP contribution in [0, 0.1) is 0 Å². The van der Waals surface area contributed by atoms with Crippen molar-refractivity contribution in [2.45, 2.75) is 19.9 Å². The predicted molar refractivity (Wildman–Crippen MR) is 81.0 cm³/mol. The second kappa shape index (κ2) is 6.90.